The smallest absolute Gasteiger partial charge is 0.126 e. The topological polar surface area (TPSA) is 12.0 Å². The molecule has 1 nitrogen and oxygen atoms in total. The minimum Gasteiger partial charge on any atom is -0.312 e. The van der Waals surface area contributed by atoms with Gasteiger partial charge in [-0.25, -0.2) is 8.78 Å². The molecule has 0 amide bonds. The Morgan fingerprint density at radius 1 is 1.28 bits per heavy atom. The van der Waals surface area contributed by atoms with Gasteiger partial charge in [0.1, 0.15) is 11.6 Å². The van der Waals surface area contributed by atoms with Gasteiger partial charge in [-0.05, 0) is 65.3 Å². The highest BCUT2D eigenvalue weighted by molar-refractivity contribution is 9.11. The second-order valence-corrected chi connectivity index (χ2v) is 6.42. The lowest BCUT2D eigenvalue weighted by atomic mass is 10.0. The molecule has 0 saturated carbocycles. The molecule has 2 rings (SSSR count). The van der Waals surface area contributed by atoms with Gasteiger partial charge < -0.3 is 5.32 Å². The van der Waals surface area contributed by atoms with Gasteiger partial charge in [-0.2, -0.15) is 0 Å². The zero-order valence-electron chi connectivity index (χ0n) is 9.71. The van der Waals surface area contributed by atoms with Crippen LogP contribution in [0.1, 0.15) is 16.5 Å². The first kappa shape index (κ1) is 13.6. The van der Waals surface area contributed by atoms with Crippen molar-refractivity contribution >= 4 is 27.3 Å². The highest BCUT2D eigenvalue weighted by Crippen LogP contribution is 2.29. The van der Waals surface area contributed by atoms with Gasteiger partial charge in [-0.1, -0.05) is 0 Å². The zero-order valence-corrected chi connectivity index (χ0v) is 12.1. The summed E-state index contributed by atoms with van der Waals surface area (Å²) in [6.45, 7) is 0. The van der Waals surface area contributed by atoms with Crippen LogP contribution in [0.2, 0.25) is 0 Å². The van der Waals surface area contributed by atoms with Gasteiger partial charge in [0.2, 0.25) is 0 Å². The first-order valence-corrected chi connectivity index (χ1v) is 7.07. The molecule has 5 heteroatoms. The summed E-state index contributed by atoms with van der Waals surface area (Å²) in [6.07, 6.45) is 0.424. The third kappa shape index (κ3) is 3.16. The molecule has 1 atom stereocenters. The van der Waals surface area contributed by atoms with Gasteiger partial charge in [0.15, 0.2) is 0 Å². The van der Waals surface area contributed by atoms with Crippen molar-refractivity contribution in [2.75, 3.05) is 7.05 Å². The molecule has 0 fully saturated rings. The predicted octanol–water partition coefficient (Wildman–Crippen LogP) is 4.29. The standard InChI is InChI=1S/C13H12BrF2NS/c1-17-11(12-4-5-13(14)18-12)7-8-6-9(15)2-3-10(8)16/h2-6,11,17H,7H2,1H3. The van der Waals surface area contributed by atoms with Crippen LogP contribution in [-0.4, -0.2) is 7.05 Å². The van der Waals surface area contributed by atoms with Gasteiger partial charge in [0, 0.05) is 10.9 Å². The van der Waals surface area contributed by atoms with E-state index in [2.05, 4.69) is 21.2 Å². The van der Waals surface area contributed by atoms with Crippen LogP contribution in [-0.2, 0) is 6.42 Å². The van der Waals surface area contributed by atoms with E-state index in [9.17, 15) is 8.78 Å². The molecule has 0 aliphatic rings. The first-order chi connectivity index (χ1) is 8.60. The predicted molar refractivity (Wildman–Crippen MR) is 73.9 cm³/mol. The zero-order chi connectivity index (χ0) is 13.1. The maximum atomic E-state index is 13.6. The lowest BCUT2D eigenvalue weighted by Gasteiger charge is -2.15. The van der Waals surface area contributed by atoms with E-state index < -0.39 is 5.82 Å². The molecular weight excluding hydrogens is 320 g/mol. The van der Waals surface area contributed by atoms with E-state index in [1.165, 1.54) is 12.1 Å². The summed E-state index contributed by atoms with van der Waals surface area (Å²) >= 11 is 4.99. The molecular formula is C13H12BrF2NS. The molecule has 1 unspecified atom stereocenters. The van der Waals surface area contributed by atoms with Crippen LogP contribution in [0.25, 0.3) is 0 Å². The van der Waals surface area contributed by atoms with Crippen LogP contribution < -0.4 is 5.32 Å². The molecule has 1 N–H and O–H groups in total. The van der Waals surface area contributed by atoms with Crippen molar-refractivity contribution in [3.8, 4) is 0 Å². The maximum Gasteiger partial charge on any atom is 0.126 e. The molecule has 2 aromatic rings. The third-order valence-corrected chi connectivity index (χ3v) is 4.46. The summed E-state index contributed by atoms with van der Waals surface area (Å²) in [5.74, 6) is -0.777. The van der Waals surface area contributed by atoms with Crippen molar-refractivity contribution in [1.82, 2.24) is 5.32 Å². The second-order valence-electron chi connectivity index (χ2n) is 3.92. The van der Waals surface area contributed by atoms with Crippen LogP contribution in [0.5, 0.6) is 0 Å². The van der Waals surface area contributed by atoms with E-state index in [1.807, 2.05) is 19.2 Å². The Kier molecular flexibility index (Phi) is 4.48. The molecule has 1 aromatic heterocycles. The number of hydrogen-bond acceptors (Lipinski definition) is 2. The van der Waals surface area contributed by atoms with Gasteiger partial charge in [0.25, 0.3) is 0 Å². The van der Waals surface area contributed by atoms with Crippen LogP contribution in [0.15, 0.2) is 34.1 Å². The number of benzene rings is 1. The Labute approximate surface area is 117 Å². The van der Waals surface area contributed by atoms with E-state index in [0.717, 1.165) is 14.7 Å². The van der Waals surface area contributed by atoms with E-state index in [-0.39, 0.29) is 11.9 Å². The largest absolute Gasteiger partial charge is 0.312 e. The van der Waals surface area contributed by atoms with Gasteiger partial charge >= 0.3 is 0 Å². The molecule has 0 saturated heterocycles. The molecule has 0 radical (unpaired) electrons. The maximum absolute atomic E-state index is 13.6. The van der Waals surface area contributed by atoms with Crippen molar-refractivity contribution in [2.24, 2.45) is 0 Å². The third-order valence-electron chi connectivity index (χ3n) is 2.72. The van der Waals surface area contributed by atoms with Crippen LogP contribution in [0, 0.1) is 11.6 Å². The molecule has 96 valence electrons. The van der Waals surface area contributed by atoms with Crippen molar-refractivity contribution < 1.29 is 8.78 Å². The molecule has 0 spiro atoms. The first-order valence-electron chi connectivity index (χ1n) is 5.46. The van der Waals surface area contributed by atoms with Gasteiger partial charge in [0.05, 0.1) is 3.79 Å². The van der Waals surface area contributed by atoms with Crippen LogP contribution in [0.3, 0.4) is 0 Å². The molecule has 0 aliphatic carbocycles. The van der Waals surface area contributed by atoms with E-state index >= 15 is 0 Å². The SMILES string of the molecule is CNC(Cc1cc(F)ccc1F)c1ccc(Br)s1. The summed E-state index contributed by atoms with van der Waals surface area (Å²) in [5, 5.41) is 3.13. The highest BCUT2D eigenvalue weighted by atomic mass is 79.9. The van der Waals surface area contributed by atoms with Crippen molar-refractivity contribution in [2.45, 2.75) is 12.5 Å². The van der Waals surface area contributed by atoms with Crippen molar-refractivity contribution in [1.29, 1.82) is 0 Å². The summed E-state index contributed by atoms with van der Waals surface area (Å²) in [7, 11) is 1.81. The summed E-state index contributed by atoms with van der Waals surface area (Å²) in [6, 6.07) is 7.47. The van der Waals surface area contributed by atoms with E-state index in [4.69, 9.17) is 0 Å². The highest BCUT2D eigenvalue weighted by Gasteiger charge is 2.15. The second kappa shape index (κ2) is 5.91. The summed E-state index contributed by atoms with van der Waals surface area (Å²) in [4.78, 5) is 1.09. The average Bonchev–Trinajstić information content (AvgIpc) is 2.77. The van der Waals surface area contributed by atoms with Gasteiger partial charge in [-0.3, -0.25) is 0 Å². The molecule has 0 aliphatic heterocycles. The minimum atomic E-state index is -0.409. The lowest BCUT2D eigenvalue weighted by molar-refractivity contribution is 0.548. The van der Waals surface area contributed by atoms with Crippen molar-refractivity contribution in [3.63, 3.8) is 0 Å². The Bertz CT molecular complexity index is 542. The molecule has 0 bridgehead atoms. The van der Waals surface area contributed by atoms with E-state index in [0.29, 0.717) is 12.0 Å². The Morgan fingerprint density at radius 2 is 2.06 bits per heavy atom. The Morgan fingerprint density at radius 3 is 2.67 bits per heavy atom. The number of nitrogens with one attached hydrogen (secondary N) is 1. The fourth-order valence-corrected chi connectivity index (χ4v) is 3.31. The molecule has 18 heavy (non-hydrogen) atoms. The summed E-state index contributed by atoms with van der Waals surface area (Å²) in [5.41, 5.74) is 0.388. The molecule has 1 aromatic carbocycles. The quantitative estimate of drug-likeness (QED) is 0.881. The van der Waals surface area contributed by atoms with E-state index in [1.54, 1.807) is 11.3 Å². The number of likely N-dealkylation sites (N-methyl/N-ethyl adjacent to an activating group) is 1. The Balaban J connectivity index is 2.22. The normalized spacial score (nSPS) is 12.7. The fraction of sp³-hybridized carbons (Fsp3) is 0.231. The average molecular weight is 332 g/mol. The number of thiophene rings is 1. The number of hydrogen-bond donors (Lipinski definition) is 1. The lowest BCUT2D eigenvalue weighted by Crippen LogP contribution is -2.18. The van der Waals surface area contributed by atoms with Crippen LogP contribution in [0.4, 0.5) is 8.78 Å². The fourth-order valence-electron chi connectivity index (χ4n) is 1.78. The van der Waals surface area contributed by atoms with Gasteiger partial charge in [-0.15, -0.1) is 11.3 Å². The van der Waals surface area contributed by atoms with Crippen molar-refractivity contribution in [3.05, 3.63) is 56.2 Å². The molecule has 1 heterocycles. The Hall–Kier alpha value is -0.780. The monoisotopic (exact) mass is 331 g/mol. The van der Waals surface area contributed by atoms with Crippen LogP contribution >= 0.6 is 27.3 Å². The summed E-state index contributed by atoms with van der Waals surface area (Å²) < 4.78 is 27.7. The minimum absolute atomic E-state index is 0.0161. The number of rotatable bonds is 4. The number of halogens is 3.